The molecule has 1 unspecified atom stereocenters. The molecule has 2 heterocycles. The number of hydrogen-bond acceptors (Lipinski definition) is 3. The van der Waals surface area contributed by atoms with Crippen molar-refractivity contribution in [2.24, 2.45) is 5.92 Å². The number of carbonyl (C=O) groups is 1. The lowest BCUT2D eigenvalue weighted by molar-refractivity contribution is -0.119. The van der Waals surface area contributed by atoms with Gasteiger partial charge in [-0.3, -0.25) is 4.79 Å². The topological polar surface area (TPSA) is 47.6 Å². The zero-order valence-corrected chi connectivity index (χ0v) is 12.1. The van der Waals surface area contributed by atoms with E-state index in [0.29, 0.717) is 19.1 Å². The molecule has 1 N–H and O–H groups in total. The first-order valence-corrected chi connectivity index (χ1v) is 7.26. The van der Waals surface area contributed by atoms with Crippen molar-refractivity contribution in [1.82, 2.24) is 5.32 Å². The monoisotopic (exact) mass is 275 g/mol. The Bertz CT molecular complexity index is 526. The molecular weight excluding hydrogens is 254 g/mol. The lowest BCUT2D eigenvalue weighted by atomic mass is 9.82. The molecule has 1 aromatic rings. The highest BCUT2D eigenvalue weighted by molar-refractivity contribution is 5.79. The maximum absolute atomic E-state index is 11.7. The molecule has 2 aliphatic heterocycles. The van der Waals surface area contributed by atoms with Gasteiger partial charge in [-0.1, -0.05) is 19.9 Å². The highest BCUT2D eigenvalue weighted by Gasteiger charge is 2.38. The summed E-state index contributed by atoms with van der Waals surface area (Å²) in [6, 6.07) is 6.06. The van der Waals surface area contributed by atoms with Crippen LogP contribution in [0.1, 0.15) is 38.7 Å². The van der Waals surface area contributed by atoms with Crippen LogP contribution in [0, 0.1) is 5.92 Å². The first-order chi connectivity index (χ1) is 9.56. The molecule has 0 aliphatic carbocycles. The Morgan fingerprint density at radius 3 is 2.80 bits per heavy atom. The Labute approximate surface area is 119 Å². The van der Waals surface area contributed by atoms with E-state index in [9.17, 15) is 4.79 Å². The lowest BCUT2D eigenvalue weighted by Crippen LogP contribution is -2.44. The first kappa shape index (κ1) is 13.3. The van der Waals surface area contributed by atoms with Gasteiger partial charge in [0.2, 0.25) is 12.7 Å². The SMILES string of the molecule is CC(C)CC1(Cc2ccc3c(c2)OCO3)CCC(=O)N1. The van der Waals surface area contributed by atoms with Crippen LogP contribution in [0.3, 0.4) is 0 Å². The third kappa shape index (κ3) is 2.60. The minimum absolute atomic E-state index is 0.0983. The summed E-state index contributed by atoms with van der Waals surface area (Å²) in [5.74, 6) is 2.35. The standard InChI is InChI=1S/C16H21NO3/c1-11(2)8-16(6-5-15(18)17-16)9-12-3-4-13-14(7-12)20-10-19-13/h3-4,7,11H,5-6,8-10H2,1-2H3,(H,17,18). The number of fused-ring (bicyclic) bond motifs is 1. The molecule has 4 heteroatoms. The van der Waals surface area contributed by atoms with Crippen molar-refractivity contribution in [2.75, 3.05) is 6.79 Å². The van der Waals surface area contributed by atoms with Crippen molar-refractivity contribution in [2.45, 2.75) is 45.1 Å². The van der Waals surface area contributed by atoms with Gasteiger partial charge in [0.05, 0.1) is 0 Å². The van der Waals surface area contributed by atoms with Gasteiger partial charge in [0, 0.05) is 12.0 Å². The second-order valence-corrected chi connectivity index (χ2v) is 6.29. The Morgan fingerprint density at radius 1 is 1.30 bits per heavy atom. The van der Waals surface area contributed by atoms with E-state index in [1.54, 1.807) is 0 Å². The number of benzene rings is 1. The number of nitrogens with one attached hydrogen (secondary N) is 1. The molecule has 0 saturated carbocycles. The van der Waals surface area contributed by atoms with Crippen LogP contribution in [0.15, 0.2) is 18.2 Å². The number of amides is 1. The molecule has 0 radical (unpaired) electrons. The van der Waals surface area contributed by atoms with E-state index in [4.69, 9.17) is 9.47 Å². The summed E-state index contributed by atoms with van der Waals surface area (Å²) in [5, 5.41) is 3.20. The van der Waals surface area contributed by atoms with Crippen molar-refractivity contribution in [3.63, 3.8) is 0 Å². The molecule has 4 nitrogen and oxygen atoms in total. The van der Waals surface area contributed by atoms with Gasteiger partial charge in [0.15, 0.2) is 11.5 Å². The molecular formula is C16H21NO3. The quantitative estimate of drug-likeness (QED) is 0.919. The Balaban J connectivity index is 1.81. The molecule has 1 fully saturated rings. The second-order valence-electron chi connectivity index (χ2n) is 6.29. The molecule has 0 bridgehead atoms. The Kier molecular flexibility index (Phi) is 3.32. The normalized spacial score (nSPS) is 24.2. The molecule has 20 heavy (non-hydrogen) atoms. The van der Waals surface area contributed by atoms with Gasteiger partial charge in [0.25, 0.3) is 0 Å². The number of rotatable bonds is 4. The van der Waals surface area contributed by atoms with Gasteiger partial charge < -0.3 is 14.8 Å². The van der Waals surface area contributed by atoms with E-state index >= 15 is 0 Å². The fraction of sp³-hybridized carbons (Fsp3) is 0.562. The van der Waals surface area contributed by atoms with Crippen LogP contribution in [0.4, 0.5) is 0 Å². The fourth-order valence-corrected chi connectivity index (χ4v) is 3.35. The smallest absolute Gasteiger partial charge is 0.231 e. The molecule has 1 saturated heterocycles. The van der Waals surface area contributed by atoms with Gasteiger partial charge >= 0.3 is 0 Å². The van der Waals surface area contributed by atoms with E-state index in [0.717, 1.165) is 30.8 Å². The average molecular weight is 275 g/mol. The number of carbonyl (C=O) groups excluding carboxylic acids is 1. The summed E-state index contributed by atoms with van der Waals surface area (Å²) in [6.45, 7) is 4.70. The van der Waals surface area contributed by atoms with E-state index in [-0.39, 0.29) is 11.4 Å². The van der Waals surface area contributed by atoms with Crippen LogP contribution in [0.25, 0.3) is 0 Å². The van der Waals surface area contributed by atoms with Crippen LogP contribution in [-0.4, -0.2) is 18.2 Å². The molecule has 2 aliphatic rings. The Morgan fingerprint density at radius 2 is 2.10 bits per heavy atom. The minimum atomic E-state index is -0.0983. The summed E-state index contributed by atoms with van der Waals surface area (Å²) in [6.07, 6.45) is 3.41. The van der Waals surface area contributed by atoms with E-state index in [2.05, 4.69) is 25.2 Å². The van der Waals surface area contributed by atoms with Crippen LogP contribution >= 0.6 is 0 Å². The molecule has 1 amide bonds. The molecule has 3 rings (SSSR count). The van der Waals surface area contributed by atoms with Gasteiger partial charge in [-0.25, -0.2) is 0 Å². The number of hydrogen-bond donors (Lipinski definition) is 1. The number of ether oxygens (including phenoxy) is 2. The van der Waals surface area contributed by atoms with Gasteiger partial charge in [0.1, 0.15) is 0 Å². The molecule has 108 valence electrons. The van der Waals surface area contributed by atoms with Gasteiger partial charge in [-0.2, -0.15) is 0 Å². The predicted octanol–water partition coefficient (Wildman–Crippen LogP) is 2.65. The van der Waals surface area contributed by atoms with Crippen molar-refractivity contribution >= 4 is 5.91 Å². The maximum Gasteiger partial charge on any atom is 0.231 e. The van der Waals surface area contributed by atoms with E-state index in [1.165, 1.54) is 5.56 Å². The molecule has 1 atom stereocenters. The van der Waals surface area contributed by atoms with Crippen molar-refractivity contribution in [3.8, 4) is 11.5 Å². The van der Waals surface area contributed by atoms with Crippen molar-refractivity contribution in [1.29, 1.82) is 0 Å². The Hall–Kier alpha value is -1.71. The van der Waals surface area contributed by atoms with Gasteiger partial charge in [-0.05, 0) is 42.9 Å². The maximum atomic E-state index is 11.7. The first-order valence-electron chi connectivity index (χ1n) is 7.26. The zero-order chi connectivity index (χ0) is 14.2. The average Bonchev–Trinajstić information content (AvgIpc) is 2.95. The summed E-state index contributed by atoms with van der Waals surface area (Å²) in [4.78, 5) is 11.7. The van der Waals surface area contributed by atoms with E-state index < -0.39 is 0 Å². The summed E-state index contributed by atoms with van der Waals surface area (Å²) in [7, 11) is 0. The third-order valence-corrected chi connectivity index (χ3v) is 4.01. The van der Waals surface area contributed by atoms with E-state index in [1.807, 2.05) is 12.1 Å². The summed E-state index contributed by atoms with van der Waals surface area (Å²) < 4.78 is 10.8. The summed E-state index contributed by atoms with van der Waals surface area (Å²) in [5.41, 5.74) is 1.09. The third-order valence-electron chi connectivity index (χ3n) is 4.01. The van der Waals surface area contributed by atoms with Crippen molar-refractivity contribution in [3.05, 3.63) is 23.8 Å². The summed E-state index contributed by atoms with van der Waals surface area (Å²) >= 11 is 0. The van der Waals surface area contributed by atoms with Gasteiger partial charge in [-0.15, -0.1) is 0 Å². The van der Waals surface area contributed by atoms with Crippen LogP contribution < -0.4 is 14.8 Å². The highest BCUT2D eigenvalue weighted by atomic mass is 16.7. The molecule has 1 aromatic carbocycles. The largest absolute Gasteiger partial charge is 0.454 e. The molecule has 0 spiro atoms. The predicted molar refractivity (Wildman–Crippen MR) is 75.8 cm³/mol. The fourth-order valence-electron chi connectivity index (χ4n) is 3.35. The van der Waals surface area contributed by atoms with Crippen LogP contribution in [0.5, 0.6) is 11.5 Å². The minimum Gasteiger partial charge on any atom is -0.454 e. The van der Waals surface area contributed by atoms with Crippen LogP contribution in [-0.2, 0) is 11.2 Å². The van der Waals surface area contributed by atoms with Crippen molar-refractivity contribution < 1.29 is 14.3 Å². The zero-order valence-electron chi connectivity index (χ0n) is 12.1. The molecule has 0 aromatic heterocycles. The second kappa shape index (κ2) is 5.00. The van der Waals surface area contributed by atoms with Crippen LogP contribution in [0.2, 0.25) is 0 Å². The lowest BCUT2D eigenvalue weighted by Gasteiger charge is -2.31. The highest BCUT2D eigenvalue weighted by Crippen LogP contribution is 2.36.